The van der Waals surface area contributed by atoms with Crippen molar-refractivity contribution in [1.29, 1.82) is 0 Å². The van der Waals surface area contributed by atoms with E-state index in [1.807, 2.05) is 25.1 Å². The molecule has 2 unspecified atom stereocenters. The highest BCUT2D eigenvalue weighted by Crippen LogP contribution is 2.40. The first-order valence-electron chi connectivity index (χ1n) is 8.08. The van der Waals surface area contributed by atoms with Crippen LogP contribution in [-0.2, 0) is 11.3 Å². The molecule has 1 aliphatic carbocycles. The molecule has 1 aromatic rings. The molecule has 0 heterocycles. The third kappa shape index (κ3) is 4.96. The van der Waals surface area contributed by atoms with Crippen LogP contribution >= 0.6 is 0 Å². The zero-order chi connectivity index (χ0) is 16.9. The summed E-state index contributed by atoms with van der Waals surface area (Å²) in [5.41, 5.74) is 1.61. The van der Waals surface area contributed by atoms with E-state index in [1.54, 1.807) is 6.07 Å². The minimum Gasteiger partial charge on any atom is -0.326 e. The molecule has 1 amide bonds. The number of nitrogens with one attached hydrogen (secondary N) is 2. The first-order chi connectivity index (χ1) is 10.9. The third-order valence-electron chi connectivity index (χ3n) is 4.35. The average Bonchev–Trinajstić information content (AvgIpc) is 2.53. The number of benzene rings is 1. The number of amides is 1. The summed E-state index contributed by atoms with van der Waals surface area (Å²) in [6.45, 7) is 3.40. The average molecular weight is 328 g/mol. The smallest absolute Gasteiger partial charge is 0.326 e. The molecular formula is C17H23F3N2O. The Hall–Kier alpha value is -1.56. The van der Waals surface area contributed by atoms with Crippen molar-refractivity contribution in [3.8, 4) is 0 Å². The summed E-state index contributed by atoms with van der Waals surface area (Å²) >= 11 is 0. The second-order valence-electron chi connectivity index (χ2n) is 6.03. The summed E-state index contributed by atoms with van der Waals surface area (Å²) in [6, 6.07) is 7.37. The number of anilines is 1. The van der Waals surface area contributed by atoms with E-state index in [-0.39, 0.29) is 18.7 Å². The number of halogens is 3. The van der Waals surface area contributed by atoms with Gasteiger partial charge in [-0.1, -0.05) is 31.5 Å². The van der Waals surface area contributed by atoms with Crippen LogP contribution in [0, 0.1) is 11.8 Å². The van der Waals surface area contributed by atoms with Gasteiger partial charge >= 0.3 is 6.18 Å². The van der Waals surface area contributed by atoms with Gasteiger partial charge < -0.3 is 10.6 Å². The number of hydrogen-bond acceptors (Lipinski definition) is 2. The lowest BCUT2D eigenvalue weighted by molar-refractivity contribution is -0.185. The first-order valence-corrected chi connectivity index (χ1v) is 8.08. The lowest BCUT2D eigenvalue weighted by atomic mass is 9.80. The number of hydrogen-bond donors (Lipinski definition) is 2. The van der Waals surface area contributed by atoms with Gasteiger partial charge in [0.2, 0.25) is 5.91 Å². The SMILES string of the molecule is CCNCc1ccccc1NC(=O)C1CCCC(C(F)(F)F)C1. The molecule has 0 aliphatic heterocycles. The van der Waals surface area contributed by atoms with E-state index in [0.29, 0.717) is 25.1 Å². The number of para-hydroxylation sites is 1. The molecule has 1 aromatic carbocycles. The fraction of sp³-hybridized carbons (Fsp3) is 0.588. The van der Waals surface area contributed by atoms with Crippen molar-refractivity contribution in [3.63, 3.8) is 0 Å². The fourth-order valence-corrected chi connectivity index (χ4v) is 3.02. The van der Waals surface area contributed by atoms with Gasteiger partial charge in [-0.25, -0.2) is 0 Å². The second-order valence-corrected chi connectivity index (χ2v) is 6.03. The molecule has 23 heavy (non-hydrogen) atoms. The molecular weight excluding hydrogens is 305 g/mol. The van der Waals surface area contributed by atoms with Crippen LogP contribution in [0.15, 0.2) is 24.3 Å². The minimum atomic E-state index is -4.21. The van der Waals surface area contributed by atoms with Crippen molar-refractivity contribution >= 4 is 11.6 Å². The molecule has 2 rings (SSSR count). The van der Waals surface area contributed by atoms with E-state index >= 15 is 0 Å². The highest BCUT2D eigenvalue weighted by molar-refractivity contribution is 5.93. The zero-order valence-corrected chi connectivity index (χ0v) is 13.2. The Balaban J connectivity index is 2.01. The molecule has 0 spiro atoms. The van der Waals surface area contributed by atoms with E-state index in [9.17, 15) is 18.0 Å². The van der Waals surface area contributed by atoms with Crippen LogP contribution in [0.1, 0.15) is 38.2 Å². The number of carbonyl (C=O) groups is 1. The molecule has 128 valence electrons. The monoisotopic (exact) mass is 328 g/mol. The highest BCUT2D eigenvalue weighted by atomic mass is 19.4. The Labute approximate surface area is 134 Å². The molecule has 0 aromatic heterocycles. The second kappa shape index (κ2) is 7.81. The first kappa shape index (κ1) is 17.8. The van der Waals surface area contributed by atoms with Gasteiger partial charge in [-0.15, -0.1) is 0 Å². The summed E-state index contributed by atoms with van der Waals surface area (Å²) in [6.07, 6.45) is -3.22. The Bertz CT molecular complexity index is 531. The topological polar surface area (TPSA) is 41.1 Å². The highest BCUT2D eigenvalue weighted by Gasteiger charge is 2.43. The normalized spacial score (nSPS) is 21.9. The Morgan fingerprint density at radius 1 is 1.26 bits per heavy atom. The molecule has 0 bridgehead atoms. The lowest BCUT2D eigenvalue weighted by Crippen LogP contribution is -2.34. The van der Waals surface area contributed by atoms with Crippen molar-refractivity contribution in [1.82, 2.24) is 5.32 Å². The van der Waals surface area contributed by atoms with Gasteiger partial charge in [0.1, 0.15) is 0 Å². The summed E-state index contributed by atoms with van der Waals surface area (Å²) in [4.78, 5) is 12.4. The van der Waals surface area contributed by atoms with Gasteiger partial charge in [0.05, 0.1) is 5.92 Å². The van der Waals surface area contributed by atoms with Gasteiger partial charge in [-0.2, -0.15) is 13.2 Å². The summed E-state index contributed by atoms with van der Waals surface area (Å²) < 4.78 is 38.6. The predicted molar refractivity (Wildman–Crippen MR) is 84.0 cm³/mol. The van der Waals surface area contributed by atoms with E-state index in [2.05, 4.69) is 10.6 Å². The third-order valence-corrected chi connectivity index (χ3v) is 4.35. The Kier molecular flexibility index (Phi) is 6.04. The van der Waals surface area contributed by atoms with Crippen LogP contribution in [0.3, 0.4) is 0 Å². The largest absolute Gasteiger partial charge is 0.391 e. The zero-order valence-electron chi connectivity index (χ0n) is 13.2. The standard InChI is InChI=1S/C17H23F3N2O/c1-2-21-11-13-6-3-4-9-15(13)22-16(23)12-7-5-8-14(10-12)17(18,19)20/h3-4,6,9,12,14,21H,2,5,7-8,10-11H2,1H3,(H,22,23). The summed E-state index contributed by atoms with van der Waals surface area (Å²) in [7, 11) is 0. The number of carbonyl (C=O) groups excluding carboxylic acids is 1. The quantitative estimate of drug-likeness (QED) is 0.854. The summed E-state index contributed by atoms with van der Waals surface area (Å²) in [5, 5.41) is 6.00. The molecule has 2 atom stereocenters. The van der Waals surface area contributed by atoms with Crippen LogP contribution in [0.2, 0.25) is 0 Å². The van der Waals surface area contributed by atoms with E-state index in [4.69, 9.17) is 0 Å². The van der Waals surface area contributed by atoms with E-state index in [1.165, 1.54) is 0 Å². The van der Waals surface area contributed by atoms with Crippen LogP contribution in [0.4, 0.5) is 18.9 Å². The lowest BCUT2D eigenvalue weighted by Gasteiger charge is -2.29. The predicted octanol–water partition coefficient (Wildman–Crippen LogP) is 4.10. The van der Waals surface area contributed by atoms with Gasteiger partial charge in [-0.3, -0.25) is 4.79 Å². The maximum absolute atomic E-state index is 12.9. The minimum absolute atomic E-state index is 0.106. The molecule has 0 saturated heterocycles. The molecule has 1 aliphatic rings. The maximum Gasteiger partial charge on any atom is 0.391 e. The van der Waals surface area contributed by atoms with Crippen molar-refractivity contribution in [3.05, 3.63) is 29.8 Å². The van der Waals surface area contributed by atoms with Crippen molar-refractivity contribution in [2.75, 3.05) is 11.9 Å². The molecule has 1 saturated carbocycles. The molecule has 0 radical (unpaired) electrons. The van der Waals surface area contributed by atoms with Crippen molar-refractivity contribution in [2.24, 2.45) is 11.8 Å². The number of alkyl halides is 3. The van der Waals surface area contributed by atoms with Gasteiger partial charge in [0.25, 0.3) is 0 Å². The van der Waals surface area contributed by atoms with Crippen LogP contribution in [0.25, 0.3) is 0 Å². The van der Waals surface area contributed by atoms with Crippen molar-refractivity contribution < 1.29 is 18.0 Å². The molecule has 6 heteroatoms. The van der Waals surface area contributed by atoms with Gasteiger partial charge in [0, 0.05) is 18.2 Å². The maximum atomic E-state index is 12.9. The van der Waals surface area contributed by atoms with Crippen molar-refractivity contribution in [2.45, 2.75) is 45.3 Å². The van der Waals surface area contributed by atoms with Gasteiger partial charge in [-0.05, 0) is 37.4 Å². The molecule has 2 N–H and O–H groups in total. The molecule has 1 fully saturated rings. The van der Waals surface area contributed by atoms with Crippen LogP contribution in [0.5, 0.6) is 0 Å². The van der Waals surface area contributed by atoms with Crippen LogP contribution < -0.4 is 10.6 Å². The Morgan fingerprint density at radius 2 is 2.00 bits per heavy atom. The van der Waals surface area contributed by atoms with Crippen LogP contribution in [-0.4, -0.2) is 18.6 Å². The summed E-state index contributed by atoms with van der Waals surface area (Å²) in [5.74, 6) is -2.23. The molecule has 3 nitrogen and oxygen atoms in total. The number of rotatable bonds is 5. The van der Waals surface area contributed by atoms with Gasteiger partial charge in [0.15, 0.2) is 0 Å². The Morgan fingerprint density at radius 3 is 2.70 bits per heavy atom. The van der Waals surface area contributed by atoms with E-state index in [0.717, 1.165) is 12.1 Å². The fourth-order valence-electron chi connectivity index (χ4n) is 3.02. The van der Waals surface area contributed by atoms with E-state index < -0.39 is 18.0 Å².